The van der Waals surface area contributed by atoms with Gasteiger partial charge in [0.25, 0.3) is 0 Å². The fraction of sp³-hybridized carbons (Fsp3) is 0.500. The lowest BCUT2D eigenvalue weighted by atomic mass is 10.2. The standard InChI is InChI=1S/C14H18FNO2/c15-13-8-4-5-9-16(10-13)14(17)18-11-12-6-2-1-3-7-12/h1-3,6-7,13H,4-5,8-11H2. The van der Waals surface area contributed by atoms with Gasteiger partial charge >= 0.3 is 6.09 Å². The number of carbonyl (C=O) groups is 1. The zero-order valence-corrected chi connectivity index (χ0v) is 10.3. The molecular formula is C14H18FNO2. The summed E-state index contributed by atoms with van der Waals surface area (Å²) in [6.07, 6.45) is 0.896. The summed E-state index contributed by atoms with van der Waals surface area (Å²) in [6, 6.07) is 9.49. The highest BCUT2D eigenvalue weighted by Crippen LogP contribution is 2.14. The zero-order valence-electron chi connectivity index (χ0n) is 10.3. The number of halogens is 1. The summed E-state index contributed by atoms with van der Waals surface area (Å²) in [6.45, 7) is 0.995. The van der Waals surface area contributed by atoms with Crippen molar-refractivity contribution in [3.05, 3.63) is 35.9 Å². The van der Waals surface area contributed by atoms with E-state index in [0.29, 0.717) is 13.0 Å². The third-order valence-electron chi connectivity index (χ3n) is 3.08. The van der Waals surface area contributed by atoms with E-state index in [1.165, 1.54) is 4.90 Å². The number of hydrogen-bond donors (Lipinski definition) is 0. The third-order valence-corrected chi connectivity index (χ3v) is 3.08. The zero-order chi connectivity index (χ0) is 12.8. The number of hydrogen-bond acceptors (Lipinski definition) is 2. The molecule has 1 aromatic rings. The fourth-order valence-electron chi connectivity index (χ4n) is 2.07. The van der Waals surface area contributed by atoms with E-state index < -0.39 is 12.3 Å². The number of amides is 1. The molecule has 0 spiro atoms. The Balaban J connectivity index is 1.83. The Bertz CT molecular complexity index is 383. The Morgan fingerprint density at radius 2 is 2.11 bits per heavy atom. The number of likely N-dealkylation sites (tertiary alicyclic amines) is 1. The Hall–Kier alpha value is -1.58. The van der Waals surface area contributed by atoms with Gasteiger partial charge in [-0.25, -0.2) is 9.18 Å². The Morgan fingerprint density at radius 1 is 1.33 bits per heavy atom. The third kappa shape index (κ3) is 3.72. The minimum Gasteiger partial charge on any atom is -0.445 e. The van der Waals surface area contributed by atoms with Crippen LogP contribution in [0.1, 0.15) is 24.8 Å². The second kappa shape index (κ2) is 6.38. The molecule has 1 aromatic carbocycles. The predicted octanol–water partition coefficient (Wildman–Crippen LogP) is 3.15. The summed E-state index contributed by atoms with van der Waals surface area (Å²) in [5.41, 5.74) is 0.942. The number of carbonyl (C=O) groups excluding carboxylic acids is 1. The van der Waals surface area contributed by atoms with Crippen molar-refractivity contribution in [2.24, 2.45) is 0 Å². The van der Waals surface area contributed by atoms with E-state index in [2.05, 4.69) is 0 Å². The molecule has 1 heterocycles. The monoisotopic (exact) mass is 251 g/mol. The molecule has 1 unspecified atom stereocenters. The van der Waals surface area contributed by atoms with Crippen molar-refractivity contribution >= 4 is 6.09 Å². The SMILES string of the molecule is O=C(OCc1ccccc1)N1CCCCC(F)C1. The van der Waals surface area contributed by atoms with Crippen LogP contribution < -0.4 is 0 Å². The smallest absolute Gasteiger partial charge is 0.410 e. The van der Waals surface area contributed by atoms with Crippen LogP contribution in [-0.4, -0.2) is 30.3 Å². The first-order chi connectivity index (χ1) is 8.75. The van der Waals surface area contributed by atoms with Crippen molar-refractivity contribution in [1.29, 1.82) is 0 Å². The van der Waals surface area contributed by atoms with E-state index in [1.54, 1.807) is 0 Å². The molecule has 0 N–H and O–H groups in total. The topological polar surface area (TPSA) is 29.5 Å². The van der Waals surface area contributed by atoms with Gasteiger partial charge in [0.15, 0.2) is 0 Å². The summed E-state index contributed by atoms with van der Waals surface area (Å²) in [4.78, 5) is 13.3. The largest absolute Gasteiger partial charge is 0.445 e. The van der Waals surface area contributed by atoms with Gasteiger partial charge in [0.2, 0.25) is 0 Å². The number of nitrogens with zero attached hydrogens (tertiary/aromatic N) is 1. The van der Waals surface area contributed by atoms with Crippen LogP contribution in [-0.2, 0) is 11.3 Å². The summed E-state index contributed by atoms with van der Waals surface area (Å²) in [7, 11) is 0. The lowest BCUT2D eigenvalue weighted by Gasteiger charge is -2.20. The van der Waals surface area contributed by atoms with E-state index in [-0.39, 0.29) is 13.2 Å². The molecule has 0 aromatic heterocycles. The molecule has 3 nitrogen and oxygen atoms in total. The van der Waals surface area contributed by atoms with Gasteiger partial charge in [-0.3, -0.25) is 0 Å². The van der Waals surface area contributed by atoms with Crippen LogP contribution in [0.5, 0.6) is 0 Å². The maximum Gasteiger partial charge on any atom is 0.410 e. The molecule has 98 valence electrons. The first kappa shape index (κ1) is 12.9. The van der Waals surface area contributed by atoms with Gasteiger partial charge in [0, 0.05) is 6.54 Å². The van der Waals surface area contributed by atoms with Crippen molar-refractivity contribution in [1.82, 2.24) is 4.90 Å². The molecule has 0 saturated carbocycles. The van der Waals surface area contributed by atoms with Crippen LogP contribution in [0.25, 0.3) is 0 Å². The van der Waals surface area contributed by atoms with Gasteiger partial charge in [-0.05, 0) is 24.8 Å². The molecule has 1 aliphatic rings. The summed E-state index contributed by atoms with van der Waals surface area (Å²) in [5, 5.41) is 0. The number of benzene rings is 1. The average Bonchev–Trinajstić information content (AvgIpc) is 2.62. The fourth-order valence-corrected chi connectivity index (χ4v) is 2.07. The molecule has 18 heavy (non-hydrogen) atoms. The Morgan fingerprint density at radius 3 is 2.89 bits per heavy atom. The van der Waals surface area contributed by atoms with E-state index in [0.717, 1.165) is 18.4 Å². The molecule has 1 atom stereocenters. The van der Waals surface area contributed by atoms with Crippen molar-refractivity contribution in [2.45, 2.75) is 32.0 Å². The van der Waals surface area contributed by atoms with Crippen LogP contribution in [0, 0.1) is 0 Å². The average molecular weight is 251 g/mol. The molecular weight excluding hydrogens is 233 g/mol. The first-order valence-electron chi connectivity index (χ1n) is 6.35. The van der Waals surface area contributed by atoms with Crippen molar-refractivity contribution in [3.8, 4) is 0 Å². The van der Waals surface area contributed by atoms with Crippen LogP contribution >= 0.6 is 0 Å². The molecule has 0 radical (unpaired) electrons. The molecule has 1 fully saturated rings. The predicted molar refractivity (Wildman–Crippen MR) is 66.9 cm³/mol. The molecule has 1 amide bonds. The quantitative estimate of drug-likeness (QED) is 0.808. The molecule has 1 saturated heterocycles. The van der Waals surface area contributed by atoms with E-state index in [1.807, 2.05) is 30.3 Å². The van der Waals surface area contributed by atoms with Gasteiger partial charge < -0.3 is 9.64 Å². The number of ether oxygens (including phenoxy) is 1. The summed E-state index contributed by atoms with van der Waals surface area (Å²) < 4.78 is 18.6. The van der Waals surface area contributed by atoms with Gasteiger partial charge in [0.05, 0.1) is 6.54 Å². The van der Waals surface area contributed by atoms with Gasteiger partial charge in [0.1, 0.15) is 12.8 Å². The Labute approximate surface area is 107 Å². The first-order valence-corrected chi connectivity index (χ1v) is 6.35. The van der Waals surface area contributed by atoms with Crippen LogP contribution in [0.4, 0.5) is 9.18 Å². The minimum atomic E-state index is -0.920. The molecule has 2 rings (SSSR count). The van der Waals surface area contributed by atoms with Crippen LogP contribution in [0.15, 0.2) is 30.3 Å². The number of rotatable bonds is 2. The van der Waals surface area contributed by atoms with E-state index in [9.17, 15) is 9.18 Å². The maximum absolute atomic E-state index is 13.4. The normalized spacial score (nSPS) is 20.3. The highest BCUT2D eigenvalue weighted by atomic mass is 19.1. The molecule has 0 aliphatic carbocycles. The lowest BCUT2D eigenvalue weighted by Crippen LogP contribution is -2.35. The second-order valence-corrected chi connectivity index (χ2v) is 4.58. The highest BCUT2D eigenvalue weighted by Gasteiger charge is 2.22. The van der Waals surface area contributed by atoms with Gasteiger partial charge in [-0.2, -0.15) is 0 Å². The van der Waals surface area contributed by atoms with Crippen LogP contribution in [0.2, 0.25) is 0 Å². The van der Waals surface area contributed by atoms with Crippen molar-refractivity contribution in [2.75, 3.05) is 13.1 Å². The van der Waals surface area contributed by atoms with Gasteiger partial charge in [-0.15, -0.1) is 0 Å². The highest BCUT2D eigenvalue weighted by molar-refractivity contribution is 5.67. The molecule has 4 heteroatoms. The summed E-state index contributed by atoms with van der Waals surface area (Å²) in [5.74, 6) is 0. The maximum atomic E-state index is 13.4. The van der Waals surface area contributed by atoms with Crippen LogP contribution in [0.3, 0.4) is 0 Å². The van der Waals surface area contributed by atoms with E-state index >= 15 is 0 Å². The van der Waals surface area contributed by atoms with E-state index in [4.69, 9.17) is 4.74 Å². The molecule has 0 bridgehead atoms. The lowest BCUT2D eigenvalue weighted by molar-refractivity contribution is 0.0895. The minimum absolute atomic E-state index is 0.160. The van der Waals surface area contributed by atoms with Crippen molar-refractivity contribution in [3.63, 3.8) is 0 Å². The summed E-state index contributed by atoms with van der Waals surface area (Å²) >= 11 is 0. The van der Waals surface area contributed by atoms with Gasteiger partial charge in [-0.1, -0.05) is 30.3 Å². The Kier molecular flexibility index (Phi) is 4.56. The van der Waals surface area contributed by atoms with Crippen molar-refractivity contribution < 1.29 is 13.9 Å². The molecule has 1 aliphatic heterocycles. The number of alkyl halides is 1. The second-order valence-electron chi connectivity index (χ2n) is 4.58.